The van der Waals surface area contributed by atoms with Gasteiger partial charge in [0.25, 0.3) is 0 Å². The number of benzene rings is 2. The third kappa shape index (κ3) is 5.08. The van der Waals surface area contributed by atoms with E-state index >= 15 is 0 Å². The van der Waals surface area contributed by atoms with Crippen molar-refractivity contribution in [1.29, 1.82) is 0 Å². The molecule has 1 unspecified atom stereocenters. The Balaban J connectivity index is 1.86. The summed E-state index contributed by atoms with van der Waals surface area (Å²) >= 11 is 0. The molecule has 1 atom stereocenters. The number of aryl methyl sites for hydroxylation is 1. The van der Waals surface area contributed by atoms with Gasteiger partial charge < -0.3 is 15.0 Å². The van der Waals surface area contributed by atoms with Crippen molar-refractivity contribution in [3.05, 3.63) is 59.7 Å². The quantitative estimate of drug-likeness (QED) is 0.762. The van der Waals surface area contributed by atoms with Crippen molar-refractivity contribution in [2.75, 3.05) is 33.9 Å². The van der Waals surface area contributed by atoms with E-state index in [2.05, 4.69) is 60.8 Å². The lowest BCUT2D eigenvalue weighted by molar-refractivity contribution is -0.141. The summed E-state index contributed by atoms with van der Waals surface area (Å²) in [5, 5.41) is 2.85. The molecule has 2 aromatic carbocycles. The number of carbonyl (C=O) groups excluding carboxylic acids is 2. The molecule has 160 valence electrons. The molecule has 1 aliphatic rings. The number of hydrogen-bond donors (Lipinski definition) is 1. The first kappa shape index (κ1) is 22.0. The molecule has 30 heavy (non-hydrogen) atoms. The molecule has 5 nitrogen and oxygen atoms in total. The number of ether oxygens (including phenoxy) is 1. The molecule has 2 aromatic rings. The van der Waals surface area contributed by atoms with Gasteiger partial charge in [-0.1, -0.05) is 54.1 Å². The highest BCUT2D eigenvalue weighted by Gasteiger charge is 2.42. The monoisotopic (exact) mass is 408 g/mol. The van der Waals surface area contributed by atoms with E-state index in [1.54, 1.807) is 14.2 Å². The Labute approximate surface area is 179 Å². The van der Waals surface area contributed by atoms with Crippen LogP contribution in [0.15, 0.2) is 48.5 Å². The molecule has 0 aromatic heterocycles. The molecule has 0 spiro atoms. The fourth-order valence-electron chi connectivity index (χ4n) is 4.44. The van der Waals surface area contributed by atoms with Crippen LogP contribution in [0.4, 0.5) is 0 Å². The van der Waals surface area contributed by atoms with Gasteiger partial charge in [-0.3, -0.25) is 9.59 Å². The molecule has 1 fully saturated rings. The molecular weight excluding hydrogens is 376 g/mol. The van der Waals surface area contributed by atoms with Crippen molar-refractivity contribution in [3.8, 4) is 11.1 Å². The average Bonchev–Trinajstić information content (AvgIpc) is 2.77. The smallest absolute Gasteiger partial charge is 0.228 e. The Morgan fingerprint density at radius 1 is 1.13 bits per heavy atom. The minimum absolute atomic E-state index is 0.00713. The van der Waals surface area contributed by atoms with Gasteiger partial charge in [0.1, 0.15) is 0 Å². The molecule has 0 bridgehead atoms. The van der Waals surface area contributed by atoms with Crippen LogP contribution in [0, 0.1) is 12.3 Å². The van der Waals surface area contributed by atoms with Crippen LogP contribution in [0.2, 0.25) is 0 Å². The first-order chi connectivity index (χ1) is 14.5. The number of methoxy groups -OCH3 is 1. The van der Waals surface area contributed by atoms with Gasteiger partial charge in [-0.25, -0.2) is 0 Å². The molecular formula is C25H32N2O3. The zero-order chi connectivity index (χ0) is 21.6. The number of nitrogens with one attached hydrogen (secondary N) is 1. The topological polar surface area (TPSA) is 58.6 Å². The van der Waals surface area contributed by atoms with Crippen LogP contribution in [0.3, 0.4) is 0 Å². The van der Waals surface area contributed by atoms with Gasteiger partial charge in [-0.15, -0.1) is 0 Å². The lowest BCUT2D eigenvalue weighted by Crippen LogP contribution is -2.54. The lowest BCUT2D eigenvalue weighted by Gasteiger charge is -2.41. The van der Waals surface area contributed by atoms with Crippen molar-refractivity contribution in [2.24, 2.45) is 5.41 Å². The van der Waals surface area contributed by atoms with Gasteiger partial charge in [0.2, 0.25) is 11.8 Å². The molecule has 1 aliphatic heterocycles. The Hall–Kier alpha value is -2.66. The van der Waals surface area contributed by atoms with Gasteiger partial charge in [0.05, 0.1) is 18.4 Å². The highest BCUT2D eigenvalue weighted by Crippen LogP contribution is 2.35. The van der Waals surface area contributed by atoms with Gasteiger partial charge in [0.15, 0.2) is 0 Å². The number of rotatable bonds is 7. The van der Waals surface area contributed by atoms with Crippen LogP contribution in [0.5, 0.6) is 0 Å². The second-order valence-corrected chi connectivity index (χ2v) is 8.27. The van der Waals surface area contributed by atoms with E-state index in [0.717, 1.165) is 24.0 Å². The van der Waals surface area contributed by atoms with Crippen LogP contribution < -0.4 is 5.32 Å². The number of piperidine rings is 1. The summed E-state index contributed by atoms with van der Waals surface area (Å²) < 4.78 is 5.06. The zero-order valence-corrected chi connectivity index (χ0v) is 18.2. The highest BCUT2D eigenvalue weighted by atomic mass is 16.5. The Kier molecular flexibility index (Phi) is 7.27. The highest BCUT2D eigenvalue weighted by molar-refractivity contribution is 5.85. The molecule has 1 saturated heterocycles. The van der Waals surface area contributed by atoms with Crippen LogP contribution in [0.1, 0.15) is 30.4 Å². The minimum Gasteiger partial charge on any atom is -0.384 e. The predicted molar refractivity (Wildman–Crippen MR) is 119 cm³/mol. The predicted octanol–water partition coefficient (Wildman–Crippen LogP) is 3.60. The van der Waals surface area contributed by atoms with Crippen molar-refractivity contribution in [3.63, 3.8) is 0 Å². The summed E-state index contributed by atoms with van der Waals surface area (Å²) in [4.78, 5) is 27.4. The fourth-order valence-corrected chi connectivity index (χ4v) is 4.44. The summed E-state index contributed by atoms with van der Waals surface area (Å²) in [6.45, 7) is 3.64. The van der Waals surface area contributed by atoms with Crippen LogP contribution in [0.25, 0.3) is 11.1 Å². The second kappa shape index (κ2) is 9.90. The van der Waals surface area contributed by atoms with E-state index in [9.17, 15) is 9.59 Å². The van der Waals surface area contributed by atoms with Crippen LogP contribution in [-0.2, 0) is 20.7 Å². The second-order valence-electron chi connectivity index (χ2n) is 8.27. The molecule has 3 rings (SSSR count). The lowest BCUT2D eigenvalue weighted by atomic mass is 9.74. The molecule has 1 heterocycles. The van der Waals surface area contributed by atoms with Gasteiger partial charge >= 0.3 is 0 Å². The van der Waals surface area contributed by atoms with Gasteiger partial charge in [-0.2, -0.15) is 0 Å². The third-order valence-corrected chi connectivity index (χ3v) is 5.98. The maximum Gasteiger partial charge on any atom is 0.228 e. The normalized spacial score (nSPS) is 18.8. The third-order valence-electron chi connectivity index (χ3n) is 5.98. The standard InChI is InChI=1S/C25H32N2O3/c1-19-7-4-9-21(15-19)22-10-5-8-20(16-22)17-25(24(29)26-2)12-6-13-27(18-25)23(28)11-14-30-3/h4-5,7-10,15-16H,6,11-14,17-18H2,1-3H3,(H,26,29). The SMILES string of the molecule is CNC(=O)C1(Cc2cccc(-c3cccc(C)c3)c2)CCCN(C(=O)CCOC)C1. The number of hydrogen-bond acceptors (Lipinski definition) is 3. The van der Waals surface area contributed by atoms with Gasteiger partial charge in [0, 0.05) is 27.2 Å². The fraction of sp³-hybridized carbons (Fsp3) is 0.440. The van der Waals surface area contributed by atoms with Crippen LogP contribution in [-0.4, -0.2) is 50.6 Å². The van der Waals surface area contributed by atoms with E-state index in [0.29, 0.717) is 32.5 Å². The summed E-state index contributed by atoms with van der Waals surface area (Å²) in [6, 6.07) is 16.8. The first-order valence-corrected chi connectivity index (χ1v) is 10.6. The summed E-state index contributed by atoms with van der Waals surface area (Å²) in [5.74, 6) is 0.0611. The van der Waals surface area contributed by atoms with E-state index in [1.165, 1.54) is 11.1 Å². The van der Waals surface area contributed by atoms with Crippen molar-refractivity contribution in [1.82, 2.24) is 10.2 Å². The average molecular weight is 409 g/mol. The number of nitrogens with zero attached hydrogens (tertiary/aromatic N) is 1. The van der Waals surface area contributed by atoms with Crippen molar-refractivity contribution in [2.45, 2.75) is 32.6 Å². The van der Waals surface area contributed by atoms with Crippen molar-refractivity contribution < 1.29 is 14.3 Å². The van der Waals surface area contributed by atoms with E-state index in [4.69, 9.17) is 4.74 Å². The maximum absolute atomic E-state index is 13.0. The van der Waals surface area contributed by atoms with E-state index in [-0.39, 0.29) is 11.8 Å². The minimum atomic E-state index is -0.610. The number of amides is 2. The Morgan fingerprint density at radius 2 is 1.87 bits per heavy atom. The molecule has 2 amide bonds. The molecule has 0 radical (unpaired) electrons. The van der Waals surface area contributed by atoms with Crippen LogP contribution >= 0.6 is 0 Å². The number of carbonyl (C=O) groups is 2. The number of likely N-dealkylation sites (tertiary alicyclic amines) is 1. The molecule has 5 heteroatoms. The summed E-state index contributed by atoms with van der Waals surface area (Å²) in [5.41, 5.74) is 4.04. The maximum atomic E-state index is 13.0. The van der Waals surface area contributed by atoms with Crippen molar-refractivity contribution >= 4 is 11.8 Å². The summed E-state index contributed by atoms with van der Waals surface area (Å²) in [6.07, 6.45) is 2.56. The molecule has 1 N–H and O–H groups in total. The summed E-state index contributed by atoms with van der Waals surface area (Å²) in [7, 11) is 3.28. The molecule has 0 saturated carbocycles. The molecule has 0 aliphatic carbocycles. The Bertz CT molecular complexity index is 895. The zero-order valence-electron chi connectivity index (χ0n) is 18.2. The Morgan fingerprint density at radius 3 is 2.57 bits per heavy atom. The van der Waals surface area contributed by atoms with E-state index in [1.807, 2.05) is 4.90 Å². The van der Waals surface area contributed by atoms with Gasteiger partial charge in [-0.05, 0) is 42.9 Å². The van der Waals surface area contributed by atoms with E-state index < -0.39 is 5.41 Å². The first-order valence-electron chi connectivity index (χ1n) is 10.6. The largest absolute Gasteiger partial charge is 0.384 e.